The van der Waals surface area contributed by atoms with Crippen molar-refractivity contribution in [1.29, 1.82) is 0 Å². The van der Waals surface area contributed by atoms with E-state index < -0.39 is 5.41 Å². The topological polar surface area (TPSA) is 74.6 Å². The Morgan fingerprint density at radius 1 is 1.47 bits per heavy atom. The Morgan fingerprint density at radius 3 is 2.73 bits per heavy atom. The van der Waals surface area contributed by atoms with E-state index >= 15 is 0 Å². The molecule has 0 aliphatic carbocycles. The summed E-state index contributed by atoms with van der Waals surface area (Å²) in [5.74, 6) is -0.281. The molecule has 1 unspecified atom stereocenters. The molecule has 78 valence electrons. The minimum absolute atomic E-state index is 0.264. The van der Waals surface area contributed by atoms with Gasteiger partial charge in [0.2, 0.25) is 0 Å². The fourth-order valence-electron chi connectivity index (χ4n) is 1.50. The zero-order chi connectivity index (χ0) is 10.9. The van der Waals surface area contributed by atoms with Crippen LogP contribution in [-0.2, 0) is 4.79 Å². The maximum Gasteiger partial charge on any atom is 0.254 e. The highest BCUT2D eigenvalue weighted by Crippen LogP contribution is 2.26. The van der Waals surface area contributed by atoms with Gasteiger partial charge in [-0.15, -0.1) is 0 Å². The van der Waals surface area contributed by atoms with Gasteiger partial charge < -0.3 is 5.11 Å². The van der Waals surface area contributed by atoms with Crippen molar-refractivity contribution < 1.29 is 9.90 Å². The summed E-state index contributed by atoms with van der Waals surface area (Å²) in [7, 11) is 0. The lowest BCUT2D eigenvalue weighted by Crippen LogP contribution is -2.39. The van der Waals surface area contributed by atoms with Crippen LogP contribution in [-0.4, -0.2) is 28.3 Å². The smallest absolute Gasteiger partial charge is 0.254 e. The van der Waals surface area contributed by atoms with E-state index in [2.05, 4.69) is 15.5 Å². The summed E-state index contributed by atoms with van der Waals surface area (Å²) in [6.45, 7) is 1.40. The Kier molecular flexibility index (Phi) is 2.24. The molecule has 5 heteroatoms. The third kappa shape index (κ3) is 1.41. The van der Waals surface area contributed by atoms with Crippen LogP contribution < -0.4 is 5.43 Å². The molecule has 2 N–H and O–H groups in total. The number of carbonyl (C=O) groups excluding carboxylic acids is 1. The molecule has 0 fully saturated rings. The number of hydrazone groups is 1. The van der Waals surface area contributed by atoms with E-state index in [1.54, 1.807) is 31.5 Å². The molecule has 0 aromatic carbocycles. The fraction of sp³-hybridized carbons (Fsp3) is 0.300. The van der Waals surface area contributed by atoms with Crippen molar-refractivity contribution in [2.45, 2.75) is 6.92 Å². The third-order valence-corrected chi connectivity index (χ3v) is 2.56. The van der Waals surface area contributed by atoms with Gasteiger partial charge in [0.1, 0.15) is 5.41 Å². The first-order chi connectivity index (χ1) is 7.18. The Morgan fingerprint density at radius 2 is 2.13 bits per heavy atom. The van der Waals surface area contributed by atoms with Gasteiger partial charge in [0.25, 0.3) is 5.91 Å². The normalized spacial score (nSPS) is 24.9. The SMILES string of the molecule is CC1(CO)C(=O)NN=C1c1ccncc1. The quantitative estimate of drug-likeness (QED) is 0.708. The number of hydrogen-bond donors (Lipinski definition) is 2. The largest absolute Gasteiger partial charge is 0.395 e. The van der Waals surface area contributed by atoms with Crippen molar-refractivity contribution in [2.75, 3.05) is 6.61 Å². The van der Waals surface area contributed by atoms with Crippen molar-refractivity contribution in [3.05, 3.63) is 30.1 Å². The van der Waals surface area contributed by atoms with E-state index in [-0.39, 0.29) is 12.5 Å². The predicted octanol–water partition coefficient (Wildman–Crippen LogP) is -0.0859. The van der Waals surface area contributed by atoms with Crippen LogP contribution in [0.25, 0.3) is 0 Å². The average molecular weight is 205 g/mol. The summed E-state index contributed by atoms with van der Waals surface area (Å²) >= 11 is 0. The highest BCUT2D eigenvalue weighted by Gasteiger charge is 2.43. The lowest BCUT2D eigenvalue weighted by molar-refractivity contribution is -0.127. The van der Waals surface area contributed by atoms with Gasteiger partial charge >= 0.3 is 0 Å². The van der Waals surface area contributed by atoms with Gasteiger partial charge in [-0.05, 0) is 19.1 Å². The molecule has 5 nitrogen and oxygen atoms in total. The van der Waals surface area contributed by atoms with Crippen LogP contribution in [0.15, 0.2) is 29.6 Å². The first-order valence-electron chi connectivity index (χ1n) is 4.58. The maximum atomic E-state index is 11.5. The molecular weight excluding hydrogens is 194 g/mol. The number of amides is 1. The predicted molar refractivity (Wildman–Crippen MR) is 54.1 cm³/mol. The van der Waals surface area contributed by atoms with Gasteiger partial charge in [-0.2, -0.15) is 5.10 Å². The van der Waals surface area contributed by atoms with E-state index in [1.165, 1.54) is 0 Å². The summed E-state index contributed by atoms with van der Waals surface area (Å²) in [6.07, 6.45) is 3.25. The molecule has 0 bridgehead atoms. The highest BCUT2D eigenvalue weighted by molar-refractivity contribution is 6.19. The van der Waals surface area contributed by atoms with Crippen molar-refractivity contribution in [3.8, 4) is 0 Å². The maximum absolute atomic E-state index is 11.5. The number of rotatable bonds is 2. The number of nitrogens with zero attached hydrogens (tertiary/aromatic N) is 2. The van der Waals surface area contributed by atoms with E-state index in [9.17, 15) is 9.90 Å². The Bertz CT molecular complexity index is 416. The van der Waals surface area contributed by atoms with Gasteiger partial charge in [-0.25, -0.2) is 5.43 Å². The first kappa shape index (κ1) is 9.79. The summed E-state index contributed by atoms with van der Waals surface area (Å²) in [5.41, 5.74) is 2.77. The van der Waals surface area contributed by atoms with Crippen molar-refractivity contribution >= 4 is 11.6 Å². The molecule has 1 aliphatic heterocycles. The number of pyridine rings is 1. The molecule has 1 aromatic rings. The minimum atomic E-state index is -0.957. The van der Waals surface area contributed by atoms with Gasteiger partial charge in [0.15, 0.2) is 0 Å². The molecule has 15 heavy (non-hydrogen) atoms. The number of aliphatic hydroxyl groups is 1. The lowest BCUT2D eigenvalue weighted by atomic mass is 9.83. The van der Waals surface area contributed by atoms with Crippen molar-refractivity contribution in [3.63, 3.8) is 0 Å². The average Bonchev–Trinajstić information content (AvgIpc) is 2.58. The molecule has 1 aliphatic rings. The second kappa shape index (κ2) is 3.43. The standard InChI is InChI=1S/C10H11N3O2/c1-10(6-14)8(12-13-9(10)15)7-2-4-11-5-3-7/h2-5,14H,6H2,1H3,(H,13,15). The van der Waals surface area contributed by atoms with Crippen molar-refractivity contribution in [2.24, 2.45) is 10.5 Å². The van der Waals surface area contributed by atoms with E-state index in [0.29, 0.717) is 5.71 Å². The van der Waals surface area contributed by atoms with Gasteiger partial charge in [-0.1, -0.05) is 0 Å². The fourth-order valence-corrected chi connectivity index (χ4v) is 1.50. The molecule has 0 saturated carbocycles. The Labute approximate surface area is 86.8 Å². The summed E-state index contributed by atoms with van der Waals surface area (Å²) < 4.78 is 0. The van der Waals surface area contributed by atoms with Gasteiger partial charge in [0.05, 0.1) is 12.3 Å². The van der Waals surface area contributed by atoms with Crippen LogP contribution in [0, 0.1) is 5.41 Å². The van der Waals surface area contributed by atoms with Gasteiger partial charge in [0, 0.05) is 18.0 Å². The first-order valence-corrected chi connectivity index (χ1v) is 4.58. The number of nitrogens with one attached hydrogen (secondary N) is 1. The van der Waals surface area contributed by atoms with Crippen LogP contribution >= 0.6 is 0 Å². The second-order valence-electron chi connectivity index (χ2n) is 3.63. The molecule has 1 atom stereocenters. The molecule has 0 saturated heterocycles. The molecule has 2 heterocycles. The molecule has 0 spiro atoms. The monoisotopic (exact) mass is 205 g/mol. The number of carbonyl (C=O) groups is 1. The lowest BCUT2D eigenvalue weighted by Gasteiger charge is -2.19. The van der Waals surface area contributed by atoms with Crippen LogP contribution in [0.3, 0.4) is 0 Å². The number of hydrogen-bond acceptors (Lipinski definition) is 4. The molecule has 0 radical (unpaired) electrons. The van der Waals surface area contributed by atoms with Crippen molar-refractivity contribution in [1.82, 2.24) is 10.4 Å². The Balaban J connectivity index is 2.43. The molecule has 2 rings (SSSR count). The van der Waals surface area contributed by atoms with Crippen LogP contribution in [0.2, 0.25) is 0 Å². The minimum Gasteiger partial charge on any atom is -0.395 e. The second-order valence-corrected chi connectivity index (χ2v) is 3.63. The zero-order valence-electron chi connectivity index (χ0n) is 8.27. The number of aromatic nitrogens is 1. The van der Waals surface area contributed by atoms with Crippen LogP contribution in [0.5, 0.6) is 0 Å². The van der Waals surface area contributed by atoms with E-state index in [4.69, 9.17) is 0 Å². The summed E-state index contributed by atoms with van der Waals surface area (Å²) in [4.78, 5) is 15.4. The van der Waals surface area contributed by atoms with Crippen LogP contribution in [0.4, 0.5) is 0 Å². The zero-order valence-corrected chi connectivity index (χ0v) is 8.27. The van der Waals surface area contributed by atoms with E-state index in [1.807, 2.05) is 0 Å². The molecule has 1 amide bonds. The number of aliphatic hydroxyl groups excluding tert-OH is 1. The third-order valence-electron chi connectivity index (χ3n) is 2.56. The summed E-state index contributed by atoms with van der Waals surface area (Å²) in [5, 5.41) is 13.2. The summed E-state index contributed by atoms with van der Waals surface area (Å²) in [6, 6.07) is 3.51. The highest BCUT2D eigenvalue weighted by atomic mass is 16.3. The molecule has 1 aromatic heterocycles. The van der Waals surface area contributed by atoms with E-state index in [0.717, 1.165) is 5.56 Å². The van der Waals surface area contributed by atoms with Crippen LogP contribution in [0.1, 0.15) is 12.5 Å². The Hall–Kier alpha value is -1.75. The van der Waals surface area contributed by atoms with Gasteiger partial charge in [-0.3, -0.25) is 9.78 Å². The molecular formula is C10H11N3O2.